The van der Waals surface area contributed by atoms with Crippen molar-refractivity contribution < 1.29 is 28.6 Å². The molecule has 4 aliphatic rings. The van der Waals surface area contributed by atoms with Crippen LogP contribution in [0, 0.1) is 50.7 Å². The van der Waals surface area contributed by atoms with Crippen molar-refractivity contribution in [1.29, 1.82) is 0 Å². The summed E-state index contributed by atoms with van der Waals surface area (Å²) in [4.78, 5) is 38.7. The highest BCUT2D eigenvalue weighted by atomic mass is 35.5. The molecule has 2 aromatic rings. The molecular formula is C45H63ClN2O6. The molecule has 8 atom stereocenters. The molecule has 1 heterocycles. The number of allylic oxidation sites excluding steroid dienone is 2. The predicted molar refractivity (Wildman–Crippen MR) is 210 cm³/mol. The zero-order valence-corrected chi connectivity index (χ0v) is 34.9. The number of carboxylic acids is 1. The number of rotatable bonds is 13. The Hall–Kier alpha value is -3.00. The van der Waals surface area contributed by atoms with Gasteiger partial charge in [0.1, 0.15) is 6.10 Å². The number of esters is 1. The minimum Gasteiger partial charge on any atom is -0.481 e. The van der Waals surface area contributed by atoms with Crippen LogP contribution in [0.4, 0.5) is 0 Å². The maximum absolute atomic E-state index is 14.1. The zero-order valence-electron chi connectivity index (χ0n) is 34.1. The Bertz CT molecular complexity index is 1780. The molecular weight excluding hydrogens is 700 g/mol. The Balaban J connectivity index is 1.25. The molecule has 0 radical (unpaired) electrons. The molecule has 3 saturated carbocycles. The lowest BCUT2D eigenvalue weighted by atomic mass is 9.35. The first-order chi connectivity index (χ1) is 25.3. The fraction of sp³-hybridized carbons (Fsp3) is 0.711. The number of aliphatic carboxylic acids is 1. The first-order valence-electron chi connectivity index (χ1n) is 20.5. The molecule has 9 heteroatoms. The number of carboxylic acid groups (broad SMARTS) is 1. The third-order valence-electron chi connectivity index (χ3n) is 15.5. The number of Topliss-reactive ketones (excluding diaryl/α,β-unsaturated/α-hetero) is 1. The molecule has 4 aliphatic carbocycles. The van der Waals surface area contributed by atoms with Crippen LogP contribution in [-0.4, -0.2) is 39.1 Å². The van der Waals surface area contributed by atoms with Crippen molar-refractivity contribution in [1.82, 2.24) is 10.2 Å². The van der Waals surface area contributed by atoms with Gasteiger partial charge in [-0.15, -0.1) is 10.2 Å². The molecule has 0 spiro atoms. The average Bonchev–Trinajstić information content (AvgIpc) is 3.66. The molecule has 0 saturated heterocycles. The maximum atomic E-state index is 14.1. The number of aromatic nitrogens is 2. The van der Waals surface area contributed by atoms with Crippen LogP contribution < -0.4 is 0 Å². The third kappa shape index (κ3) is 7.11. The molecule has 3 fully saturated rings. The van der Waals surface area contributed by atoms with Gasteiger partial charge in [0.15, 0.2) is 5.78 Å². The van der Waals surface area contributed by atoms with Crippen molar-refractivity contribution in [2.75, 3.05) is 0 Å². The number of fused-ring (bicyclic) bond motifs is 5. The highest BCUT2D eigenvalue weighted by Gasteiger charge is 2.67. The molecule has 0 unspecified atom stereocenters. The van der Waals surface area contributed by atoms with Gasteiger partial charge in [0.25, 0.3) is 0 Å². The van der Waals surface area contributed by atoms with E-state index in [0.717, 1.165) is 56.1 Å². The summed E-state index contributed by atoms with van der Waals surface area (Å²) in [6.07, 6.45) is 10.2. The van der Waals surface area contributed by atoms with E-state index in [0.29, 0.717) is 66.0 Å². The zero-order chi connectivity index (χ0) is 39.4. The number of nitrogens with zero attached hydrogens (tertiary/aromatic N) is 2. The number of hydrogen-bond donors (Lipinski definition) is 1. The van der Waals surface area contributed by atoms with E-state index in [1.807, 2.05) is 24.3 Å². The lowest BCUT2D eigenvalue weighted by Crippen LogP contribution is -2.62. The summed E-state index contributed by atoms with van der Waals surface area (Å²) in [6, 6.07) is 7.71. The standard InChI is InChI=1S/C45H63ClN2O6/c1-10-31(53-37(50)26-41(5,6)40(51)52)18-19-42(7)28(4)17-20-44(9)34(42)16-15-32-39-38(27(2)3)33(49)24-45(39,22-21-43(32,44)8)25-36-48-47-35(54-36)23-29-11-13-30(46)14-12-29/h11-14,27-28,31-32,34H,10,15-26H2,1-9H3,(H,51,52)/t28-,31-,32-,34-,42+,43-,44-,45+/m1/s1. The smallest absolute Gasteiger partial charge is 0.309 e. The summed E-state index contributed by atoms with van der Waals surface area (Å²) in [5.41, 5.74) is 2.21. The van der Waals surface area contributed by atoms with Crippen molar-refractivity contribution in [2.45, 2.75) is 152 Å². The Morgan fingerprint density at radius 2 is 1.70 bits per heavy atom. The van der Waals surface area contributed by atoms with Crippen LogP contribution in [0.2, 0.25) is 5.02 Å². The van der Waals surface area contributed by atoms with Gasteiger partial charge in [-0.05, 0) is 135 Å². The molecule has 8 nitrogen and oxygen atoms in total. The molecule has 1 aromatic carbocycles. The minimum atomic E-state index is -1.16. The lowest BCUT2D eigenvalue weighted by Gasteiger charge is -2.69. The highest BCUT2D eigenvalue weighted by Crippen LogP contribution is 2.75. The lowest BCUT2D eigenvalue weighted by molar-refractivity contribution is -0.187. The van der Waals surface area contributed by atoms with Crippen LogP contribution in [0.25, 0.3) is 0 Å². The van der Waals surface area contributed by atoms with Crippen molar-refractivity contribution >= 4 is 29.3 Å². The number of benzene rings is 1. The monoisotopic (exact) mass is 762 g/mol. The molecule has 296 valence electrons. The Morgan fingerprint density at radius 1 is 1.02 bits per heavy atom. The van der Waals surface area contributed by atoms with E-state index in [-0.39, 0.29) is 40.1 Å². The van der Waals surface area contributed by atoms with E-state index >= 15 is 0 Å². The summed E-state index contributed by atoms with van der Waals surface area (Å²) in [5.74, 6) is 1.55. The van der Waals surface area contributed by atoms with Gasteiger partial charge in [0.05, 0.1) is 18.3 Å². The fourth-order valence-corrected chi connectivity index (χ4v) is 12.0. The number of halogens is 1. The van der Waals surface area contributed by atoms with Gasteiger partial charge in [0, 0.05) is 23.3 Å². The fourth-order valence-electron chi connectivity index (χ4n) is 11.9. The molecule has 6 rings (SSSR count). The van der Waals surface area contributed by atoms with Gasteiger partial charge in [-0.25, -0.2) is 0 Å². The number of hydrogen-bond acceptors (Lipinski definition) is 7. The third-order valence-corrected chi connectivity index (χ3v) is 15.8. The number of carbonyl (C=O) groups excluding carboxylic acids is 2. The van der Waals surface area contributed by atoms with Crippen LogP contribution in [0.3, 0.4) is 0 Å². The maximum Gasteiger partial charge on any atom is 0.309 e. The molecule has 0 bridgehead atoms. The SMILES string of the molecule is CC[C@H](CC[C@@]1(C)[C@H](C)CC[C@]2(C)[C@@H]1CC[C@@H]1C3=C(C(C)C)C(=O)C[C@]3(Cc3nnc(Cc4ccc(Cl)cc4)o3)CC[C@]12C)OC(=O)CC(C)(C)C(=O)O. The van der Waals surface area contributed by atoms with Crippen LogP contribution >= 0.6 is 11.6 Å². The van der Waals surface area contributed by atoms with Crippen molar-refractivity contribution in [3.63, 3.8) is 0 Å². The topological polar surface area (TPSA) is 120 Å². The second kappa shape index (κ2) is 14.8. The highest BCUT2D eigenvalue weighted by molar-refractivity contribution is 6.30. The second-order valence-electron chi connectivity index (χ2n) is 19.3. The summed E-state index contributed by atoms with van der Waals surface area (Å²) >= 11 is 6.11. The van der Waals surface area contributed by atoms with Crippen LogP contribution in [0.5, 0.6) is 0 Å². The first-order valence-corrected chi connectivity index (χ1v) is 20.9. The summed E-state index contributed by atoms with van der Waals surface area (Å²) in [6.45, 7) is 19.6. The van der Waals surface area contributed by atoms with E-state index in [1.165, 1.54) is 12.0 Å². The van der Waals surface area contributed by atoms with Gasteiger partial charge in [-0.1, -0.05) is 77.8 Å². The summed E-state index contributed by atoms with van der Waals surface area (Å²) < 4.78 is 12.3. The predicted octanol–water partition coefficient (Wildman–Crippen LogP) is 10.6. The van der Waals surface area contributed by atoms with Crippen molar-refractivity contribution in [3.05, 3.63) is 57.8 Å². The molecule has 1 N–H and O–H groups in total. The number of ether oxygens (including phenoxy) is 1. The van der Waals surface area contributed by atoms with Gasteiger partial charge in [-0.2, -0.15) is 0 Å². The largest absolute Gasteiger partial charge is 0.481 e. The van der Waals surface area contributed by atoms with E-state index in [9.17, 15) is 19.5 Å². The minimum absolute atomic E-state index is 0.0224. The van der Waals surface area contributed by atoms with Gasteiger partial charge >= 0.3 is 11.9 Å². The van der Waals surface area contributed by atoms with Gasteiger partial charge in [0.2, 0.25) is 11.8 Å². The summed E-state index contributed by atoms with van der Waals surface area (Å²) in [5, 5.41) is 19.2. The molecule has 0 aliphatic heterocycles. The molecule has 54 heavy (non-hydrogen) atoms. The van der Waals surface area contributed by atoms with E-state index in [2.05, 4.69) is 58.7 Å². The van der Waals surface area contributed by atoms with Crippen LogP contribution in [-0.2, 0) is 32.0 Å². The van der Waals surface area contributed by atoms with Crippen molar-refractivity contribution in [3.8, 4) is 0 Å². The Labute approximate surface area is 327 Å². The molecule has 1 aromatic heterocycles. The van der Waals surface area contributed by atoms with E-state index in [1.54, 1.807) is 13.8 Å². The molecule has 0 amide bonds. The van der Waals surface area contributed by atoms with Crippen LogP contribution in [0.1, 0.15) is 150 Å². The normalized spacial score (nSPS) is 32.9. The van der Waals surface area contributed by atoms with Crippen LogP contribution in [0.15, 0.2) is 39.8 Å². The Morgan fingerprint density at radius 3 is 2.35 bits per heavy atom. The van der Waals surface area contributed by atoms with Gasteiger partial charge in [-0.3, -0.25) is 14.4 Å². The number of ketones is 1. The van der Waals surface area contributed by atoms with E-state index in [4.69, 9.17) is 20.8 Å². The Kier molecular flexibility index (Phi) is 11.2. The number of carbonyl (C=O) groups is 3. The quantitative estimate of drug-likeness (QED) is 0.200. The van der Waals surface area contributed by atoms with E-state index < -0.39 is 17.4 Å². The summed E-state index contributed by atoms with van der Waals surface area (Å²) in [7, 11) is 0. The van der Waals surface area contributed by atoms with Gasteiger partial charge < -0.3 is 14.3 Å². The van der Waals surface area contributed by atoms with Crippen molar-refractivity contribution in [2.24, 2.45) is 50.7 Å². The average molecular weight is 763 g/mol. The second-order valence-corrected chi connectivity index (χ2v) is 19.8. The first kappa shape index (κ1) is 40.7.